The molecule has 1 N–H and O–H groups in total. The van der Waals surface area contributed by atoms with Crippen LogP contribution in [0.1, 0.15) is 58.9 Å². The Hall–Kier alpha value is -2.12. The van der Waals surface area contributed by atoms with Gasteiger partial charge in [-0.15, -0.1) is 0 Å². The number of carbonyl (C=O) groups excluding carboxylic acids is 1. The molecule has 0 spiro atoms. The number of aryl methyl sites for hydroxylation is 2. The van der Waals surface area contributed by atoms with E-state index in [-0.39, 0.29) is 16.7 Å². The molecule has 1 atom stereocenters. The Labute approximate surface area is 173 Å². The Balaban J connectivity index is 1.64. The topological polar surface area (TPSA) is 73.5 Å². The lowest BCUT2D eigenvalue weighted by atomic mass is 9.99. The molecule has 2 aromatic rings. The Morgan fingerprint density at radius 3 is 2.38 bits per heavy atom. The van der Waals surface area contributed by atoms with Crippen LogP contribution in [0.5, 0.6) is 0 Å². The maximum absolute atomic E-state index is 13.6. The fraction of sp³-hybridized carbons (Fsp3) is 0.500. The van der Waals surface area contributed by atoms with Crippen molar-refractivity contribution in [2.24, 2.45) is 0 Å². The largest absolute Gasteiger partial charge is 0.361 e. The van der Waals surface area contributed by atoms with Crippen molar-refractivity contribution < 1.29 is 13.2 Å². The van der Waals surface area contributed by atoms with Crippen LogP contribution in [0.15, 0.2) is 35.2 Å². The summed E-state index contributed by atoms with van der Waals surface area (Å²) in [5, 5.41) is 0. The zero-order valence-corrected chi connectivity index (χ0v) is 18.0. The highest BCUT2D eigenvalue weighted by atomic mass is 32.2. The van der Waals surface area contributed by atoms with E-state index in [1.807, 2.05) is 18.2 Å². The van der Waals surface area contributed by atoms with Crippen LogP contribution in [0.3, 0.4) is 0 Å². The van der Waals surface area contributed by atoms with Crippen LogP contribution in [0.2, 0.25) is 0 Å². The molecule has 6 nitrogen and oxygen atoms in total. The maximum Gasteiger partial charge on any atom is 0.257 e. The summed E-state index contributed by atoms with van der Waals surface area (Å²) in [5.41, 5.74) is 2.67. The van der Waals surface area contributed by atoms with E-state index in [4.69, 9.17) is 0 Å². The van der Waals surface area contributed by atoms with Crippen LogP contribution in [0, 0.1) is 13.8 Å². The number of sulfonamides is 1. The number of hydrogen-bond acceptors (Lipinski definition) is 3. The summed E-state index contributed by atoms with van der Waals surface area (Å²) in [6.45, 7) is 5.86. The number of benzene rings is 1. The first-order chi connectivity index (χ1) is 13.9. The fourth-order valence-electron chi connectivity index (χ4n) is 4.67. The molecule has 1 amide bonds. The highest BCUT2D eigenvalue weighted by molar-refractivity contribution is 7.89. The van der Waals surface area contributed by atoms with E-state index in [1.54, 1.807) is 23.1 Å². The molecular formula is C22H29N3O3S. The van der Waals surface area contributed by atoms with Gasteiger partial charge in [-0.25, -0.2) is 8.42 Å². The number of piperidine rings is 1. The second-order valence-electron chi connectivity index (χ2n) is 8.19. The van der Waals surface area contributed by atoms with Crippen molar-refractivity contribution in [2.75, 3.05) is 26.2 Å². The van der Waals surface area contributed by atoms with E-state index >= 15 is 0 Å². The third-order valence-electron chi connectivity index (χ3n) is 6.19. The van der Waals surface area contributed by atoms with Crippen molar-refractivity contribution in [3.8, 4) is 0 Å². The third-order valence-corrected chi connectivity index (χ3v) is 8.23. The van der Waals surface area contributed by atoms with Crippen LogP contribution in [0.25, 0.3) is 0 Å². The van der Waals surface area contributed by atoms with E-state index < -0.39 is 10.0 Å². The second-order valence-corrected chi connectivity index (χ2v) is 10.1. The third kappa shape index (κ3) is 3.73. The minimum atomic E-state index is -3.75. The molecule has 29 heavy (non-hydrogen) atoms. The summed E-state index contributed by atoms with van der Waals surface area (Å²) in [4.78, 5) is 18.3. The zero-order chi connectivity index (χ0) is 20.6. The molecule has 2 fully saturated rings. The molecule has 2 aliphatic heterocycles. The lowest BCUT2D eigenvalue weighted by Crippen LogP contribution is -2.37. The highest BCUT2D eigenvalue weighted by Gasteiger charge is 2.38. The van der Waals surface area contributed by atoms with Crippen molar-refractivity contribution in [3.05, 3.63) is 52.8 Å². The van der Waals surface area contributed by atoms with Gasteiger partial charge in [-0.2, -0.15) is 4.31 Å². The predicted octanol–water partition coefficient (Wildman–Crippen LogP) is 3.44. The van der Waals surface area contributed by atoms with Gasteiger partial charge in [0.2, 0.25) is 10.0 Å². The van der Waals surface area contributed by atoms with Gasteiger partial charge >= 0.3 is 0 Å². The standard InChI is InChI=1S/C22H29N3O3S/c1-16-20(22(26)24-12-7-4-8-13-24)21(17(2)23-16)29(27,28)25-14-11-19(15-25)18-9-5-3-6-10-18/h3,5-6,9-10,19,23H,4,7-8,11-15H2,1-2H3. The number of nitrogens with one attached hydrogen (secondary N) is 1. The molecule has 1 unspecified atom stereocenters. The maximum atomic E-state index is 13.6. The lowest BCUT2D eigenvalue weighted by Gasteiger charge is -2.27. The zero-order valence-electron chi connectivity index (χ0n) is 17.1. The Kier molecular flexibility index (Phi) is 5.53. The molecule has 156 valence electrons. The monoisotopic (exact) mass is 415 g/mol. The van der Waals surface area contributed by atoms with Gasteiger partial charge < -0.3 is 9.88 Å². The molecule has 3 heterocycles. The first-order valence-corrected chi connectivity index (χ1v) is 11.9. The number of nitrogens with zero attached hydrogens (tertiary/aromatic N) is 2. The van der Waals surface area contributed by atoms with Crippen LogP contribution < -0.4 is 0 Å². The second kappa shape index (κ2) is 7.95. The van der Waals surface area contributed by atoms with Crippen molar-refractivity contribution >= 4 is 15.9 Å². The minimum absolute atomic E-state index is 0.163. The number of rotatable bonds is 4. The van der Waals surface area contributed by atoms with Gasteiger partial charge in [-0.1, -0.05) is 30.3 Å². The van der Waals surface area contributed by atoms with E-state index in [9.17, 15) is 13.2 Å². The van der Waals surface area contributed by atoms with Gasteiger partial charge in [0.1, 0.15) is 4.90 Å². The van der Waals surface area contributed by atoms with Crippen LogP contribution in [-0.2, 0) is 10.0 Å². The number of carbonyl (C=O) groups is 1. The van der Waals surface area contributed by atoms with Gasteiger partial charge in [0, 0.05) is 37.6 Å². The molecule has 1 aromatic heterocycles. The summed E-state index contributed by atoms with van der Waals surface area (Å²) in [6, 6.07) is 10.1. The Bertz CT molecular complexity index is 992. The van der Waals surface area contributed by atoms with E-state index in [0.29, 0.717) is 43.1 Å². The summed E-state index contributed by atoms with van der Waals surface area (Å²) >= 11 is 0. The first-order valence-electron chi connectivity index (χ1n) is 10.4. The summed E-state index contributed by atoms with van der Waals surface area (Å²) in [6.07, 6.45) is 3.86. The van der Waals surface area contributed by atoms with Gasteiger partial charge in [0.05, 0.1) is 5.56 Å². The lowest BCUT2D eigenvalue weighted by molar-refractivity contribution is 0.0720. The SMILES string of the molecule is Cc1[nH]c(C)c(S(=O)(=O)N2CCC(c3ccccc3)C2)c1C(=O)N1CCCCC1. The number of H-pyrrole nitrogens is 1. The van der Waals surface area contributed by atoms with Gasteiger partial charge in [0.25, 0.3) is 5.91 Å². The molecule has 1 aromatic carbocycles. The van der Waals surface area contributed by atoms with Crippen molar-refractivity contribution in [1.82, 2.24) is 14.2 Å². The first kappa shape index (κ1) is 20.2. The van der Waals surface area contributed by atoms with Gasteiger partial charge in [-0.3, -0.25) is 4.79 Å². The van der Waals surface area contributed by atoms with Crippen LogP contribution in [-0.4, -0.2) is 54.7 Å². The average molecular weight is 416 g/mol. The normalized spacial score (nSPS) is 20.9. The van der Waals surface area contributed by atoms with Crippen LogP contribution >= 0.6 is 0 Å². The molecule has 7 heteroatoms. The van der Waals surface area contributed by atoms with Crippen molar-refractivity contribution in [3.63, 3.8) is 0 Å². The number of aromatic amines is 1. The molecule has 0 aliphatic carbocycles. The van der Waals surface area contributed by atoms with E-state index in [0.717, 1.165) is 31.2 Å². The highest BCUT2D eigenvalue weighted by Crippen LogP contribution is 2.34. The molecule has 2 saturated heterocycles. The Morgan fingerprint density at radius 1 is 1.00 bits per heavy atom. The van der Waals surface area contributed by atoms with Crippen molar-refractivity contribution in [2.45, 2.75) is 50.3 Å². The smallest absolute Gasteiger partial charge is 0.257 e. The average Bonchev–Trinajstić information content (AvgIpc) is 3.34. The number of amides is 1. The van der Waals surface area contributed by atoms with E-state index in [2.05, 4.69) is 17.1 Å². The number of likely N-dealkylation sites (tertiary alicyclic amines) is 1. The molecule has 0 radical (unpaired) electrons. The predicted molar refractivity (Wildman–Crippen MR) is 113 cm³/mol. The van der Waals surface area contributed by atoms with Gasteiger partial charge in [0.15, 0.2) is 0 Å². The molecule has 2 aliphatic rings. The molecule has 0 bridgehead atoms. The number of aromatic nitrogens is 1. The van der Waals surface area contributed by atoms with E-state index in [1.165, 1.54) is 0 Å². The van der Waals surface area contributed by atoms with Crippen molar-refractivity contribution in [1.29, 1.82) is 0 Å². The van der Waals surface area contributed by atoms with Gasteiger partial charge in [-0.05, 0) is 51.0 Å². The number of hydrogen-bond donors (Lipinski definition) is 1. The quantitative estimate of drug-likeness (QED) is 0.831. The molecular weight excluding hydrogens is 386 g/mol. The minimum Gasteiger partial charge on any atom is -0.361 e. The summed E-state index contributed by atoms with van der Waals surface area (Å²) in [7, 11) is -3.75. The summed E-state index contributed by atoms with van der Waals surface area (Å²) < 4.78 is 28.7. The Morgan fingerprint density at radius 2 is 1.69 bits per heavy atom. The van der Waals surface area contributed by atoms with Crippen LogP contribution in [0.4, 0.5) is 0 Å². The molecule has 4 rings (SSSR count). The molecule has 0 saturated carbocycles. The summed E-state index contributed by atoms with van der Waals surface area (Å²) in [5.74, 6) is 0.0245. The fourth-order valence-corrected chi connectivity index (χ4v) is 6.58.